The van der Waals surface area contributed by atoms with Gasteiger partial charge in [0.1, 0.15) is 16.0 Å². The summed E-state index contributed by atoms with van der Waals surface area (Å²) in [6.07, 6.45) is 3.45. The van der Waals surface area contributed by atoms with Crippen molar-refractivity contribution in [1.82, 2.24) is 19.7 Å². The maximum Gasteiger partial charge on any atom is 0.180 e. The number of aryl methyl sites for hydroxylation is 1. The lowest BCUT2D eigenvalue weighted by Gasteiger charge is -2.08. The van der Waals surface area contributed by atoms with Gasteiger partial charge < -0.3 is 0 Å². The molecular formula is C12H14Cl2N4. The fourth-order valence-electron chi connectivity index (χ4n) is 1.78. The van der Waals surface area contributed by atoms with Crippen molar-refractivity contribution in [3.63, 3.8) is 0 Å². The first kappa shape index (κ1) is 13.3. The number of hydrogen-bond acceptors (Lipinski definition) is 3. The molecule has 2 heterocycles. The third kappa shape index (κ3) is 2.49. The quantitative estimate of drug-likeness (QED) is 0.806. The number of nitrogens with zero attached hydrogens (tertiary/aromatic N) is 4. The van der Waals surface area contributed by atoms with Gasteiger partial charge >= 0.3 is 0 Å². The average Bonchev–Trinajstić information content (AvgIpc) is 2.81. The maximum absolute atomic E-state index is 6.16. The molecule has 0 spiro atoms. The summed E-state index contributed by atoms with van der Waals surface area (Å²) in [6.45, 7) is 4.82. The van der Waals surface area contributed by atoms with Gasteiger partial charge in [-0.15, -0.1) is 0 Å². The summed E-state index contributed by atoms with van der Waals surface area (Å²) in [5, 5.41) is 5.03. The smallest absolute Gasteiger partial charge is 0.180 e. The highest BCUT2D eigenvalue weighted by Gasteiger charge is 2.14. The first-order chi connectivity index (χ1) is 8.67. The van der Waals surface area contributed by atoms with Crippen LogP contribution in [0.15, 0.2) is 12.3 Å². The predicted molar refractivity (Wildman–Crippen MR) is 72.9 cm³/mol. The van der Waals surface area contributed by atoms with Gasteiger partial charge in [-0.1, -0.05) is 36.5 Å². The van der Waals surface area contributed by atoms with Crippen molar-refractivity contribution in [2.24, 2.45) is 0 Å². The van der Waals surface area contributed by atoms with E-state index in [1.165, 1.54) is 0 Å². The van der Waals surface area contributed by atoms with E-state index in [0.717, 1.165) is 30.6 Å². The van der Waals surface area contributed by atoms with Crippen LogP contribution < -0.4 is 0 Å². The molecule has 2 rings (SSSR count). The Bertz CT molecular complexity index is 528. The summed E-state index contributed by atoms with van der Waals surface area (Å²) < 4.78 is 1.81. The number of rotatable bonds is 4. The van der Waals surface area contributed by atoms with Crippen molar-refractivity contribution >= 4 is 23.2 Å². The Morgan fingerprint density at radius 3 is 2.39 bits per heavy atom. The van der Waals surface area contributed by atoms with Crippen molar-refractivity contribution in [3.8, 4) is 11.5 Å². The number of aromatic nitrogens is 4. The van der Waals surface area contributed by atoms with Crippen molar-refractivity contribution in [2.45, 2.75) is 33.2 Å². The van der Waals surface area contributed by atoms with Gasteiger partial charge in [-0.3, -0.25) is 4.68 Å². The lowest BCUT2D eigenvalue weighted by molar-refractivity contribution is 0.663. The molecule has 0 saturated carbocycles. The van der Waals surface area contributed by atoms with Gasteiger partial charge in [-0.05, 0) is 19.4 Å². The Labute approximate surface area is 116 Å². The maximum atomic E-state index is 6.16. The first-order valence-corrected chi connectivity index (χ1v) is 6.67. The fraction of sp³-hybridized carbons (Fsp3) is 0.417. The molecule has 18 heavy (non-hydrogen) atoms. The summed E-state index contributed by atoms with van der Waals surface area (Å²) in [5.41, 5.74) is 1.64. The van der Waals surface area contributed by atoms with Crippen molar-refractivity contribution in [2.75, 3.05) is 0 Å². The van der Waals surface area contributed by atoms with E-state index in [1.54, 1.807) is 6.20 Å². The molecule has 0 aromatic carbocycles. The third-order valence-electron chi connectivity index (χ3n) is 2.65. The van der Waals surface area contributed by atoms with E-state index < -0.39 is 0 Å². The zero-order chi connectivity index (χ0) is 13.1. The van der Waals surface area contributed by atoms with Crippen LogP contribution in [0, 0.1) is 0 Å². The topological polar surface area (TPSA) is 43.6 Å². The minimum atomic E-state index is 0.427. The monoisotopic (exact) mass is 284 g/mol. The van der Waals surface area contributed by atoms with Crippen molar-refractivity contribution in [3.05, 3.63) is 28.1 Å². The van der Waals surface area contributed by atoms with Crippen LogP contribution in [0.2, 0.25) is 10.3 Å². The molecule has 0 amide bonds. The highest BCUT2D eigenvalue weighted by Crippen LogP contribution is 2.26. The Hall–Kier alpha value is -1.13. The van der Waals surface area contributed by atoms with Gasteiger partial charge in [-0.2, -0.15) is 5.10 Å². The molecule has 6 heteroatoms. The van der Waals surface area contributed by atoms with E-state index in [9.17, 15) is 0 Å². The van der Waals surface area contributed by atoms with E-state index in [-0.39, 0.29) is 0 Å². The number of hydrogen-bond donors (Lipinski definition) is 0. The molecule has 0 bridgehead atoms. The lowest BCUT2D eigenvalue weighted by atomic mass is 10.2. The second-order valence-electron chi connectivity index (χ2n) is 3.89. The highest BCUT2D eigenvalue weighted by atomic mass is 35.5. The average molecular weight is 285 g/mol. The minimum absolute atomic E-state index is 0.427. The van der Waals surface area contributed by atoms with Gasteiger partial charge in [0, 0.05) is 18.3 Å². The summed E-state index contributed by atoms with van der Waals surface area (Å²) >= 11 is 12.3. The van der Waals surface area contributed by atoms with Crippen molar-refractivity contribution in [1.29, 1.82) is 0 Å². The van der Waals surface area contributed by atoms with Crippen molar-refractivity contribution < 1.29 is 0 Å². The first-order valence-electron chi connectivity index (χ1n) is 5.91. The third-order valence-corrected chi connectivity index (χ3v) is 3.28. The predicted octanol–water partition coefficient (Wildman–Crippen LogP) is 3.62. The standard InChI is InChI=1S/C12H14Cl2N4/c1-3-5-8-10(13)16-12(17-11(8)14)9-6-7-15-18(9)4-2/h6-7H,3-5H2,1-2H3. The molecular weight excluding hydrogens is 271 g/mol. The Morgan fingerprint density at radius 2 is 1.83 bits per heavy atom. The SMILES string of the molecule is CCCc1c(Cl)nc(-c2ccnn2CC)nc1Cl. The van der Waals surface area contributed by atoms with Gasteiger partial charge in [0.25, 0.3) is 0 Å². The molecule has 0 N–H and O–H groups in total. The van der Waals surface area contributed by atoms with E-state index in [4.69, 9.17) is 23.2 Å². The van der Waals surface area contributed by atoms with E-state index in [0.29, 0.717) is 16.1 Å². The molecule has 2 aromatic heterocycles. The molecule has 0 unspecified atom stereocenters. The van der Waals surface area contributed by atoms with Crippen LogP contribution in [0.4, 0.5) is 0 Å². The van der Waals surface area contributed by atoms with Crippen LogP contribution in [0.1, 0.15) is 25.8 Å². The molecule has 0 aliphatic heterocycles. The summed E-state index contributed by atoms with van der Waals surface area (Å²) in [7, 11) is 0. The van der Waals surface area contributed by atoms with E-state index in [1.807, 2.05) is 17.7 Å². The molecule has 4 nitrogen and oxygen atoms in total. The Kier molecular flexibility index (Phi) is 4.19. The Morgan fingerprint density at radius 1 is 1.17 bits per heavy atom. The Balaban J connectivity index is 2.48. The van der Waals surface area contributed by atoms with E-state index in [2.05, 4.69) is 22.0 Å². The van der Waals surface area contributed by atoms with Crippen LogP contribution in [0.5, 0.6) is 0 Å². The molecule has 0 saturated heterocycles. The molecule has 0 fully saturated rings. The fourth-order valence-corrected chi connectivity index (χ4v) is 2.35. The van der Waals surface area contributed by atoms with Crippen LogP contribution in [-0.2, 0) is 13.0 Å². The second kappa shape index (κ2) is 5.67. The summed E-state index contributed by atoms with van der Waals surface area (Å²) in [6, 6.07) is 1.85. The molecule has 0 aliphatic rings. The van der Waals surface area contributed by atoms with Crippen LogP contribution >= 0.6 is 23.2 Å². The molecule has 96 valence electrons. The summed E-state index contributed by atoms with van der Waals surface area (Å²) in [4.78, 5) is 8.63. The minimum Gasteiger partial charge on any atom is -0.262 e. The van der Waals surface area contributed by atoms with Crippen LogP contribution in [-0.4, -0.2) is 19.7 Å². The van der Waals surface area contributed by atoms with E-state index >= 15 is 0 Å². The van der Waals surface area contributed by atoms with Gasteiger partial charge in [0.05, 0.1) is 0 Å². The zero-order valence-corrected chi connectivity index (χ0v) is 11.8. The molecule has 0 atom stereocenters. The highest BCUT2D eigenvalue weighted by molar-refractivity contribution is 6.34. The van der Waals surface area contributed by atoms with Crippen LogP contribution in [0.3, 0.4) is 0 Å². The zero-order valence-electron chi connectivity index (χ0n) is 10.3. The van der Waals surface area contributed by atoms with Gasteiger partial charge in [-0.25, -0.2) is 9.97 Å². The second-order valence-corrected chi connectivity index (χ2v) is 4.61. The van der Waals surface area contributed by atoms with Gasteiger partial charge in [0.15, 0.2) is 5.82 Å². The van der Waals surface area contributed by atoms with Crippen LogP contribution in [0.25, 0.3) is 11.5 Å². The normalized spacial score (nSPS) is 10.9. The molecule has 0 radical (unpaired) electrons. The lowest BCUT2D eigenvalue weighted by Crippen LogP contribution is -2.03. The molecule has 2 aromatic rings. The van der Waals surface area contributed by atoms with Gasteiger partial charge in [0.2, 0.25) is 0 Å². The largest absolute Gasteiger partial charge is 0.262 e. The number of halogens is 2. The summed E-state index contributed by atoms with van der Waals surface area (Å²) in [5.74, 6) is 0.518. The molecule has 0 aliphatic carbocycles.